The lowest BCUT2D eigenvalue weighted by Gasteiger charge is -2.27. The molecule has 1 atom stereocenters. The summed E-state index contributed by atoms with van der Waals surface area (Å²) < 4.78 is 4.99. The third-order valence-corrected chi connectivity index (χ3v) is 3.48. The number of benzene rings is 1. The van der Waals surface area contributed by atoms with Crippen LogP contribution in [0.2, 0.25) is 0 Å². The summed E-state index contributed by atoms with van der Waals surface area (Å²) >= 11 is 0. The Morgan fingerprint density at radius 1 is 1.17 bits per heavy atom. The number of ether oxygens (including phenoxy) is 1. The van der Waals surface area contributed by atoms with Crippen molar-refractivity contribution < 1.29 is 29.3 Å². The van der Waals surface area contributed by atoms with E-state index < -0.39 is 24.1 Å². The maximum atomic E-state index is 12.1. The molecule has 24 heavy (non-hydrogen) atoms. The number of carbonyl (C=O) groups excluding carboxylic acids is 1. The third-order valence-electron chi connectivity index (χ3n) is 3.48. The molecule has 0 amide bonds. The molecule has 1 unspecified atom stereocenters. The minimum absolute atomic E-state index is 0.119. The van der Waals surface area contributed by atoms with Crippen molar-refractivity contribution in [3.05, 3.63) is 65.8 Å². The van der Waals surface area contributed by atoms with Crippen molar-refractivity contribution >= 4 is 23.8 Å². The Morgan fingerprint density at radius 3 is 2.42 bits per heavy atom. The van der Waals surface area contributed by atoms with E-state index in [1.165, 1.54) is 24.3 Å². The highest BCUT2D eigenvalue weighted by molar-refractivity contribution is 6.08. The van der Waals surface area contributed by atoms with Gasteiger partial charge >= 0.3 is 11.9 Å². The average molecular weight is 328 g/mol. The molecule has 0 aromatic heterocycles. The van der Waals surface area contributed by atoms with Crippen LogP contribution >= 0.6 is 0 Å². The summed E-state index contributed by atoms with van der Waals surface area (Å²) in [5, 5.41) is 17.9. The van der Waals surface area contributed by atoms with Gasteiger partial charge in [-0.25, -0.2) is 9.59 Å². The maximum Gasteiger partial charge on any atom is 0.340 e. The number of ketones is 1. The molecule has 0 saturated heterocycles. The Morgan fingerprint density at radius 2 is 1.88 bits per heavy atom. The van der Waals surface area contributed by atoms with Crippen molar-refractivity contribution in [2.75, 3.05) is 6.61 Å². The van der Waals surface area contributed by atoms with E-state index >= 15 is 0 Å². The molecule has 2 rings (SSSR count). The zero-order chi connectivity index (χ0) is 17.6. The second kappa shape index (κ2) is 7.52. The van der Waals surface area contributed by atoms with Gasteiger partial charge in [-0.1, -0.05) is 48.6 Å². The molecule has 1 aromatic rings. The second-order valence-corrected chi connectivity index (χ2v) is 5.18. The van der Waals surface area contributed by atoms with Gasteiger partial charge in [-0.3, -0.25) is 4.79 Å². The molecule has 0 fully saturated rings. The minimum Gasteiger partial charge on any atom is -0.480 e. The first-order valence-electron chi connectivity index (χ1n) is 7.19. The molecule has 1 aliphatic rings. The van der Waals surface area contributed by atoms with Gasteiger partial charge in [0.25, 0.3) is 0 Å². The van der Waals surface area contributed by atoms with Crippen LogP contribution in [0.15, 0.2) is 60.2 Å². The maximum absolute atomic E-state index is 12.1. The van der Waals surface area contributed by atoms with E-state index in [-0.39, 0.29) is 12.2 Å². The first-order chi connectivity index (χ1) is 11.4. The zero-order valence-corrected chi connectivity index (χ0v) is 12.7. The molecule has 2 N–H and O–H groups in total. The van der Waals surface area contributed by atoms with Crippen molar-refractivity contribution in [3.8, 4) is 0 Å². The third kappa shape index (κ3) is 4.27. The van der Waals surface area contributed by atoms with Crippen LogP contribution in [0.4, 0.5) is 0 Å². The summed E-state index contributed by atoms with van der Waals surface area (Å²) in [5.41, 5.74) is -0.556. The fourth-order valence-corrected chi connectivity index (χ4v) is 2.15. The van der Waals surface area contributed by atoms with E-state index in [1.54, 1.807) is 6.08 Å². The van der Waals surface area contributed by atoms with Gasteiger partial charge in [-0.05, 0) is 17.7 Å². The van der Waals surface area contributed by atoms with Gasteiger partial charge < -0.3 is 14.9 Å². The molecule has 0 bridgehead atoms. The van der Waals surface area contributed by atoms with Crippen molar-refractivity contribution in [1.29, 1.82) is 0 Å². The molecule has 0 spiro atoms. The van der Waals surface area contributed by atoms with Gasteiger partial charge in [-0.15, -0.1) is 0 Å². The second-order valence-electron chi connectivity index (χ2n) is 5.18. The molecule has 6 nitrogen and oxygen atoms in total. The average Bonchev–Trinajstić information content (AvgIpc) is 2.59. The number of rotatable bonds is 7. The molecule has 6 heteroatoms. The number of hydrogen-bond acceptors (Lipinski definition) is 4. The zero-order valence-electron chi connectivity index (χ0n) is 12.7. The summed E-state index contributed by atoms with van der Waals surface area (Å²) in [4.78, 5) is 34.1. The van der Waals surface area contributed by atoms with Gasteiger partial charge in [0.15, 0.2) is 11.4 Å². The summed E-state index contributed by atoms with van der Waals surface area (Å²) in [7, 11) is 0. The van der Waals surface area contributed by atoms with Crippen molar-refractivity contribution in [1.82, 2.24) is 0 Å². The smallest absolute Gasteiger partial charge is 0.340 e. The topological polar surface area (TPSA) is 101 Å². The molecule has 0 radical (unpaired) electrons. The molecular formula is C18H16O6. The van der Waals surface area contributed by atoms with E-state index in [9.17, 15) is 19.5 Å². The lowest BCUT2D eigenvalue weighted by molar-refractivity contribution is -0.164. The van der Waals surface area contributed by atoms with Gasteiger partial charge in [0.05, 0.1) is 0 Å². The van der Waals surface area contributed by atoms with E-state index in [0.717, 1.165) is 5.56 Å². The van der Waals surface area contributed by atoms with Gasteiger partial charge in [0.1, 0.15) is 6.61 Å². The normalized spacial score (nSPS) is 19.9. The number of carboxylic acids is 2. The predicted octanol–water partition coefficient (Wildman–Crippen LogP) is 2.08. The minimum atomic E-state index is -1.76. The van der Waals surface area contributed by atoms with Crippen LogP contribution in [-0.4, -0.2) is 40.1 Å². The molecule has 1 aliphatic carbocycles. The van der Waals surface area contributed by atoms with Crippen LogP contribution in [0.3, 0.4) is 0 Å². The number of allylic oxidation sites excluding steroid dienone is 3. The van der Waals surface area contributed by atoms with Crippen molar-refractivity contribution in [2.24, 2.45) is 0 Å². The van der Waals surface area contributed by atoms with E-state index in [4.69, 9.17) is 9.84 Å². The molecule has 0 heterocycles. The summed E-state index contributed by atoms with van der Waals surface area (Å²) in [5.74, 6) is -2.84. The Bertz CT molecular complexity index is 729. The highest BCUT2D eigenvalue weighted by atomic mass is 16.5. The van der Waals surface area contributed by atoms with Crippen LogP contribution < -0.4 is 0 Å². The highest BCUT2D eigenvalue weighted by Crippen LogP contribution is 2.26. The van der Waals surface area contributed by atoms with Crippen LogP contribution in [0, 0.1) is 0 Å². The Kier molecular flexibility index (Phi) is 5.44. The van der Waals surface area contributed by atoms with Crippen LogP contribution in [0.25, 0.3) is 6.08 Å². The lowest BCUT2D eigenvalue weighted by Crippen LogP contribution is -2.41. The van der Waals surface area contributed by atoms with Crippen LogP contribution in [0.5, 0.6) is 0 Å². The van der Waals surface area contributed by atoms with Gasteiger partial charge in [0, 0.05) is 12.0 Å². The number of hydrogen-bond donors (Lipinski definition) is 2. The quantitative estimate of drug-likeness (QED) is 0.743. The Balaban J connectivity index is 2.07. The SMILES string of the molecule is O=C(O)COC1(C(=O)O)C=CC(C(=O)C=Cc2ccccc2)=CC1. The molecule has 1 aromatic carbocycles. The fraction of sp³-hybridized carbons (Fsp3) is 0.167. The Hall–Kier alpha value is -2.99. The first-order valence-corrected chi connectivity index (χ1v) is 7.19. The standard InChI is InChI=1S/C18H16O6/c19-15(7-6-13-4-2-1-3-5-13)14-8-10-18(11-9-14,17(22)23)24-12-16(20)21/h1-10H,11-12H2,(H,20,21)(H,22,23). The molecule has 0 aliphatic heterocycles. The van der Waals surface area contributed by atoms with E-state index in [0.29, 0.717) is 5.57 Å². The van der Waals surface area contributed by atoms with E-state index in [2.05, 4.69) is 0 Å². The Labute approximate surface area is 138 Å². The molecule has 124 valence electrons. The largest absolute Gasteiger partial charge is 0.480 e. The van der Waals surface area contributed by atoms with Crippen molar-refractivity contribution in [3.63, 3.8) is 0 Å². The highest BCUT2D eigenvalue weighted by Gasteiger charge is 2.38. The summed E-state index contributed by atoms with van der Waals surface area (Å²) in [6.07, 6.45) is 6.94. The molecule has 0 saturated carbocycles. The number of carbonyl (C=O) groups is 3. The fourth-order valence-electron chi connectivity index (χ4n) is 2.15. The summed E-state index contributed by atoms with van der Waals surface area (Å²) in [6.45, 7) is -0.734. The van der Waals surface area contributed by atoms with E-state index in [1.807, 2.05) is 30.3 Å². The number of carboxylic acid groups (broad SMARTS) is 2. The molecular weight excluding hydrogens is 312 g/mol. The van der Waals surface area contributed by atoms with Gasteiger partial charge in [0.2, 0.25) is 0 Å². The predicted molar refractivity (Wildman–Crippen MR) is 86.3 cm³/mol. The number of aliphatic carboxylic acids is 2. The van der Waals surface area contributed by atoms with Gasteiger partial charge in [-0.2, -0.15) is 0 Å². The monoisotopic (exact) mass is 328 g/mol. The summed E-state index contributed by atoms with van der Waals surface area (Å²) in [6, 6.07) is 9.28. The van der Waals surface area contributed by atoms with Crippen molar-refractivity contribution in [2.45, 2.75) is 12.0 Å². The van der Waals surface area contributed by atoms with Crippen LogP contribution in [-0.2, 0) is 19.1 Å². The van der Waals surface area contributed by atoms with Crippen LogP contribution in [0.1, 0.15) is 12.0 Å². The lowest BCUT2D eigenvalue weighted by atomic mass is 9.90. The first kappa shape index (κ1) is 17.4.